The van der Waals surface area contributed by atoms with Gasteiger partial charge in [0.25, 0.3) is 0 Å². The Hall–Kier alpha value is -0.870. The Bertz CT molecular complexity index is 332. The van der Waals surface area contributed by atoms with Gasteiger partial charge in [-0.05, 0) is 27.7 Å². The van der Waals surface area contributed by atoms with Crippen molar-refractivity contribution in [2.24, 2.45) is 7.05 Å². The van der Waals surface area contributed by atoms with Gasteiger partial charge < -0.3 is 9.84 Å². The molecule has 1 N–H and O–H groups in total. The lowest BCUT2D eigenvalue weighted by molar-refractivity contribution is 0.00442. The van der Waals surface area contributed by atoms with Crippen LogP contribution in [0.2, 0.25) is 0 Å². The molecule has 0 aliphatic carbocycles. The maximum absolute atomic E-state index is 9.97. The number of aliphatic hydroxyl groups is 1. The summed E-state index contributed by atoms with van der Waals surface area (Å²) < 4.78 is 7.17. The van der Waals surface area contributed by atoms with E-state index in [0.29, 0.717) is 6.61 Å². The van der Waals surface area contributed by atoms with Gasteiger partial charge in [-0.1, -0.05) is 0 Å². The summed E-state index contributed by atoms with van der Waals surface area (Å²) in [5, 5.41) is 14.2. The Balaban J connectivity index is 2.77. The average Bonchev–Trinajstić information content (AvgIpc) is 2.37. The summed E-state index contributed by atoms with van der Waals surface area (Å²) in [5.74, 6) is 0. The third kappa shape index (κ3) is 2.79. The van der Waals surface area contributed by atoms with Crippen molar-refractivity contribution in [2.75, 3.05) is 6.61 Å². The van der Waals surface area contributed by atoms with Crippen molar-refractivity contribution >= 4 is 0 Å². The van der Waals surface area contributed by atoms with E-state index in [2.05, 4.69) is 5.10 Å². The molecule has 1 aromatic rings. The van der Waals surface area contributed by atoms with E-state index in [9.17, 15) is 5.11 Å². The second-order valence-corrected chi connectivity index (χ2v) is 4.11. The molecule has 0 bridgehead atoms. The van der Waals surface area contributed by atoms with E-state index in [-0.39, 0.29) is 6.10 Å². The molecule has 0 saturated carbocycles. The fraction of sp³-hybridized carbons (Fsp3) is 0.727. The molecule has 1 aromatic heterocycles. The van der Waals surface area contributed by atoms with Gasteiger partial charge in [0, 0.05) is 18.3 Å². The fourth-order valence-electron chi connectivity index (χ4n) is 1.64. The second kappa shape index (κ2) is 4.77. The van der Waals surface area contributed by atoms with E-state index in [1.165, 1.54) is 0 Å². The number of nitrogens with zero attached hydrogens (tertiary/aromatic N) is 2. The maximum Gasteiger partial charge on any atom is 0.106 e. The minimum atomic E-state index is -0.582. The van der Waals surface area contributed by atoms with Crippen molar-refractivity contribution in [3.05, 3.63) is 17.0 Å². The lowest BCUT2D eigenvalue weighted by atomic mass is 10.1. The minimum Gasteiger partial charge on any atom is -0.386 e. The standard InChI is InChI=1S/C11H20N2O2/c1-7(2)15-6-10(14)11-8(3)12-13(5)9(11)4/h7,10,14H,6H2,1-5H3. The molecule has 0 spiro atoms. The molecule has 0 aliphatic heterocycles. The van der Waals surface area contributed by atoms with Gasteiger partial charge in [0.1, 0.15) is 6.10 Å². The zero-order valence-corrected chi connectivity index (χ0v) is 10.1. The summed E-state index contributed by atoms with van der Waals surface area (Å²) in [7, 11) is 1.88. The first-order chi connectivity index (χ1) is 6.93. The summed E-state index contributed by atoms with van der Waals surface area (Å²) in [5.41, 5.74) is 2.75. The first kappa shape index (κ1) is 12.2. The molecule has 1 atom stereocenters. The molecule has 15 heavy (non-hydrogen) atoms. The first-order valence-corrected chi connectivity index (χ1v) is 5.23. The van der Waals surface area contributed by atoms with Crippen molar-refractivity contribution in [1.29, 1.82) is 0 Å². The molecule has 4 heteroatoms. The Morgan fingerprint density at radius 2 is 2.00 bits per heavy atom. The number of aliphatic hydroxyl groups excluding tert-OH is 1. The molecule has 1 heterocycles. The zero-order valence-electron chi connectivity index (χ0n) is 10.1. The second-order valence-electron chi connectivity index (χ2n) is 4.11. The largest absolute Gasteiger partial charge is 0.386 e. The number of hydrogen-bond donors (Lipinski definition) is 1. The minimum absolute atomic E-state index is 0.136. The monoisotopic (exact) mass is 212 g/mol. The Morgan fingerprint density at radius 1 is 1.40 bits per heavy atom. The molecular formula is C11H20N2O2. The van der Waals surface area contributed by atoms with Crippen LogP contribution >= 0.6 is 0 Å². The summed E-state index contributed by atoms with van der Waals surface area (Å²) >= 11 is 0. The van der Waals surface area contributed by atoms with Crippen LogP contribution in [0.25, 0.3) is 0 Å². The predicted molar refractivity (Wildman–Crippen MR) is 58.7 cm³/mol. The van der Waals surface area contributed by atoms with Crippen LogP contribution in [0, 0.1) is 13.8 Å². The highest BCUT2D eigenvalue weighted by atomic mass is 16.5. The SMILES string of the molecule is Cc1nn(C)c(C)c1C(O)COC(C)C. The van der Waals surface area contributed by atoms with Crippen LogP contribution in [0.3, 0.4) is 0 Å². The van der Waals surface area contributed by atoms with Crippen LogP contribution in [0.15, 0.2) is 0 Å². The average molecular weight is 212 g/mol. The molecule has 0 radical (unpaired) electrons. The normalized spacial score (nSPS) is 13.5. The van der Waals surface area contributed by atoms with E-state index in [0.717, 1.165) is 17.0 Å². The summed E-state index contributed by atoms with van der Waals surface area (Å²) in [6, 6.07) is 0. The van der Waals surface area contributed by atoms with Gasteiger partial charge in [-0.15, -0.1) is 0 Å². The molecule has 1 unspecified atom stereocenters. The molecule has 0 amide bonds. The number of aryl methyl sites for hydroxylation is 2. The van der Waals surface area contributed by atoms with Crippen LogP contribution in [-0.2, 0) is 11.8 Å². The lowest BCUT2D eigenvalue weighted by Gasteiger charge is -2.14. The number of rotatable bonds is 4. The zero-order chi connectivity index (χ0) is 11.6. The predicted octanol–water partition coefficient (Wildman–Crippen LogP) is 1.50. The van der Waals surface area contributed by atoms with Crippen molar-refractivity contribution < 1.29 is 9.84 Å². The number of ether oxygens (including phenoxy) is 1. The van der Waals surface area contributed by atoms with E-state index >= 15 is 0 Å². The van der Waals surface area contributed by atoms with E-state index in [1.807, 2.05) is 34.7 Å². The van der Waals surface area contributed by atoms with Crippen LogP contribution < -0.4 is 0 Å². The highest BCUT2D eigenvalue weighted by molar-refractivity contribution is 5.26. The van der Waals surface area contributed by atoms with Gasteiger partial charge in [-0.25, -0.2) is 0 Å². The summed E-state index contributed by atoms with van der Waals surface area (Å²) in [6.07, 6.45) is -0.446. The Kier molecular flexibility index (Phi) is 3.88. The van der Waals surface area contributed by atoms with Crippen molar-refractivity contribution in [2.45, 2.75) is 39.9 Å². The van der Waals surface area contributed by atoms with Crippen LogP contribution in [0.5, 0.6) is 0 Å². The third-order valence-corrected chi connectivity index (χ3v) is 2.49. The summed E-state index contributed by atoms with van der Waals surface area (Å²) in [6.45, 7) is 8.09. The summed E-state index contributed by atoms with van der Waals surface area (Å²) in [4.78, 5) is 0. The molecule has 0 aromatic carbocycles. The van der Waals surface area contributed by atoms with Gasteiger partial charge in [0.05, 0.1) is 18.4 Å². The topological polar surface area (TPSA) is 47.3 Å². The molecule has 86 valence electrons. The van der Waals surface area contributed by atoms with Gasteiger partial charge in [0.2, 0.25) is 0 Å². The quantitative estimate of drug-likeness (QED) is 0.822. The van der Waals surface area contributed by atoms with E-state index < -0.39 is 6.10 Å². The van der Waals surface area contributed by atoms with E-state index in [1.54, 1.807) is 4.68 Å². The van der Waals surface area contributed by atoms with Gasteiger partial charge in [-0.2, -0.15) is 5.10 Å². The van der Waals surface area contributed by atoms with Gasteiger partial charge in [0.15, 0.2) is 0 Å². The number of aromatic nitrogens is 2. The molecule has 0 aliphatic rings. The van der Waals surface area contributed by atoms with Crippen LogP contribution in [0.1, 0.15) is 36.9 Å². The molecule has 0 fully saturated rings. The van der Waals surface area contributed by atoms with Crippen LogP contribution in [0.4, 0.5) is 0 Å². The highest BCUT2D eigenvalue weighted by Crippen LogP contribution is 2.21. The van der Waals surface area contributed by atoms with Crippen molar-refractivity contribution in [1.82, 2.24) is 9.78 Å². The smallest absolute Gasteiger partial charge is 0.106 e. The Labute approximate surface area is 90.9 Å². The molecular weight excluding hydrogens is 192 g/mol. The molecule has 0 saturated heterocycles. The Morgan fingerprint density at radius 3 is 2.40 bits per heavy atom. The molecule has 4 nitrogen and oxygen atoms in total. The van der Waals surface area contributed by atoms with Crippen molar-refractivity contribution in [3.8, 4) is 0 Å². The van der Waals surface area contributed by atoms with Gasteiger partial charge >= 0.3 is 0 Å². The van der Waals surface area contributed by atoms with E-state index in [4.69, 9.17) is 4.74 Å². The lowest BCUT2D eigenvalue weighted by Crippen LogP contribution is -2.13. The van der Waals surface area contributed by atoms with Gasteiger partial charge in [-0.3, -0.25) is 4.68 Å². The highest BCUT2D eigenvalue weighted by Gasteiger charge is 2.18. The van der Waals surface area contributed by atoms with Crippen molar-refractivity contribution in [3.63, 3.8) is 0 Å². The number of hydrogen-bond acceptors (Lipinski definition) is 3. The fourth-order valence-corrected chi connectivity index (χ4v) is 1.64. The maximum atomic E-state index is 9.97. The third-order valence-electron chi connectivity index (χ3n) is 2.49. The molecule has 1 rings (SSSR count). The first-order valence-electron chi connectivity index (χ1n) is 5.23. The van der Waals surface area contributed by atoms with Crippen LogP contribution in [-0.4, -0.2) is 27.6 Å².